The summed E-state index contributed by atoms with van der Waals surface area (Å²) in [7, 11) is 4.40. The SMILES string of the molecule is CC(=O)O[C@H]1[C@H](C)[C@@H](C)OC(c2ccc(C)c(Cc3ccc(-c4cccc(CN5CCN(C)CC5)c4)s3)c2)[C@@H]1OC(C)=O.CS[C@H]1C(c2ccc(C)c(Cc3ccc(-c4cccc(CN5CCN(C)CC5)c4)s3)c2)O[C@H](C)[C@@H](C)[C@@H]1OC(C)=O. The summed E-state index contributed by atoms with van der Waals surface area (Å²) < 4.78 is 30.3. The summed E-state index contributed by atoms with van der Waals surface area (Å²) in [5.41, 5.74) is 12.4. The number of rotatable bonds is 16. The maximum absolute atomic E-state index is 12.1. The van der Waals surface area contributed by atoms with Gasteiger partial charge in [-0.3, -0.25) is 24.2 Å². The maximum Gasteiger partial charge on any atom is 0.303 e. The molecule has 450 valence electrons. The molecular weight excluding hydrogens is 1110 g/mol. The summed E-state index contributed by atoms with van der Waals surface area (Å²) in [4.78, 5) is 51.1. The molecule has 0 saturated carbocycles. The summed E-state index contributed by atoms with van der Waals surface area (Å²) in [5, 5.41) is 0.0483. The lowest BCUT2D eigenvalue weighted by Crippen LogP contribution is -2.52. The molecule has 12 nitrogen and oxygen atoms in total. The number of carbonyl (C=O) groups excluding carboxylic acids is 3. The molecule has 10 rings (SSSR count). The van der Waals surface area contributed by atoms with Crippen molar-refractivity contribution in [2.24, 2.45) is 11.8 Å². The fourth-order valence-electron chi connectivity index (χ4n) is 12.1. The average molecular weight is 1200 g/mol. The zero-order valence-corrected chi connectivity index (χ0v) is 53.9. The molecule has 4 aliphatic rings. The van der Waals surface area contributed by atoms with Crippen molar-refractivity contribution in [2.75, 3.05) is 72.7 Å². The third kappa shape index (κ3) is 16.2. The molecule has 84 heavy (non-hydrogen) atoms. The number of esters is 3. The van der Waals surface area contributed by atoms with E-state index in [2.05, 4.69) is 171 Å². The summed E-state index contributed by atoms with van der Waals surface area (Å²) in [6.45, 7) is 27.7. The van der Waals surface area contributed by atoms with E-state index in [1.54, 1.807) is 11.8 Å². The smallest absolute Gasteiger partial charge is 0.303 e. The topological polar surface area (TPSA) is 110 Å². The Bertz CT molecular complexity index is 3180. The van der Waals surface area contributed by atoms with Crippen LogP contribution in [0, 0.1) is 25.7 Å². The maximum atomic E-state index is 12.1. The molecule has 2 aromatic heterocycles. The standard InChI is InChI=1S/C35H44N2O5S.C34H44N2O3S2/c1-22-10-11-29(34-35(42-26(5)39)33(41-25(4)38)23(2)24(3)40-34)19-30(22)20-31-12-13-32(43-31)28-9-7-8-27(18-28)21-37-16-14-36(6)15-17-37;1-22-10-11-28(33-34(40-6)32(39-25(4)37)23(2)24(3)38-33)19-29(22)20-30-12-13-31(41-30)27-9-7-8-26(18-27)21-36-16-14-35(5)15-17-36/h7-13,18-19,23-24,33-35H,14-17,20-21H2,1-6H3;7-13,18-19,23-24,32-34H,14-17,20-21H2,1-6H3/t23-,24-,33+,34?,35-;23-,24-,32+,33?,34-/m11/s1. The van der Waals surface area contributed by atoms with E-state index >= 15 is 0 Å². The van der Waals surface area contributed by atoms with Crippen molar-refractivity contribution in [1.29, 1.82) is 0 Å². The van der Waals surface area contributed by atoms with Crippen molar-refractivity contribution in [3.63, 3.8) is 0 Å². The van der Waals surface area contributed by atoms with Crippen LogP contribution in [-0.4, -0.2) is 146 Å². The van der Waals surface area contributed by atoms with Crippen LogP contribution in [0.15, 0.2) is 109 Å². The number of likely N-dealkylation sites (N-methyl/N-ethyl adjacent to an activating group) is 2. The number of thiophene rings is 2. The van der Waals surface area contributed by atoms with E-state index in [4.69, 9.17) is 23.7 Å². The van der Waals surface area contributed by atoms with Gasteiger partial charge in [-0.2, -0.15) is 11.8 Å². The van der Waals surface area contributed by atoms with E-state index in [1.807, 2.05) is 42.6 Å². The Hall–Kier alpha value is -5.20. The normalized spacial score (nSPS) is 25.3. The Balaban J connectivity index is 0.000000202. The van der Waals surface area contributed by atoms with Gasteiger partial charge in [0.25, 0.3) is 0 Å². The van der Waals surface area contributed by atoms with E-state index in [1.165, 1.54) is 84.8 Å². The number of nitrogens with zero attached hydrogens (tertiary/aromatic N) is 4. The third-order valence-electron chi connectivity index (χ3n) is 17.5. The molecule has 4 aromatic carbocycles. The van der Waals surface area contributed by atoms with Crippen LogP contribution in [0.25, 0.3) is 20.9 Å². The van der Waals surface area contributed by atoms with Gasteiger partial charge in [-0.15, -0.1) is 22.7 Å². The second-order valence-corrected chi connectivity index (χ2v) is 27.3. The summed E-state index contributed by atoms with van der Waals surface area (Å²) in [5.74, 6) is -1.04. The van der Waals surface area contributed by atoms with Crippen LogP contribution in [0.5, 0.6) is 0 Å². The van der Waals surface area contributed by atoms with E-state index in [0.717, 1.165) is 89.4 Å². The van der Waals surface area contributed by atoms with Crippen LogP contribution in [0.1, 0.15) is 115 Å². The van der Waals surface area contributed by atoms with Crippen molar-refractivity contribution in [1.82, 2.24) is 19.6 Å². The molecule has 4 aliphatic heterocycles. The largest absolute Gasteiger partial charge is 0.461 e. The lowest BCUT2D eigenvalue weighted by molar-refractivity contribution is -0.222. The number of hydrogen-bond acceptors (Lipinski definition) is 15. The van der Waals surface area contributed by atoms with Crippen molar-refractivity contribution in [2.45, 2.75) is 136 Å². The minimum atomic E-state index is -0.727. The highest BCUT2D eigenvalue weighted by atomic mass is 32.2. The van der Waals surface area contributed by atoms with Gasteiger partial charge in [-0.25, -0.2) is 0 Å². The van der Waals surface area contributed by atoms with Gasteiger partial charge < -0.3 is 33.5 Å². The quantitative estimate of drug-likeness (QED) is 0.0678. The monoisotopic (exact) mass is 1200 g/mol. The molecule has 0 spiro atoms. The molecule has 4 saturated heterocycles. The molecular formula is C69H88N4O8S3. The Morgan fingerprint density at radius 3 is 1.39 bits per heavy atom. The Morgan fingerprint density at radius 2 is 0.940 bits per heavy atom. The average Bonchev–Trinajstić information content (AvgIpc) is 3.61. The van der Waals surface area contributed by atoms with Gasteiger partial charge in [0, 0.05) is 130 Å². The molecule has 10 atom stereocenters. The minimum absolute atomic E-state index is 0.00405. The van der Waals surface area contributed by atoms with Crippen LogP contribution in [0.4, 0.5) is 0 Å². The van der Waals surface area contributed by atoms with Crippen LogP contribution < -0.4 is 0 Å². The molecule has 2 unspecified atom stereocenters. The van der Waals surface area contributed by atoms with Gasteiger partial charge in [-0.1, -0.05) is 86.6 Å². The molecule has 0 N–H and O–H groups in total. The first-order chi connectivity index (χ1) is 40.3. The molecule has 0 radical (unpaired) electrons. The lowest BCUT2D eigenvalue weighted by atomic mass is 9.85. The minimum Gasteiger partial charge on any atom is -0.461 e. The van der Waals surface area contributed by atoms with Gasteiger partial charge in [0.1, 0.15) is 18.3 Å². The highest BCUT2D eigenvalue weighted by molar-refractivity contribution is 7.99. The Labute approximate surface area is 512 Å². The summed E-state index contributed by atoms with van der Waals surface area (Å²) in [6, 6.07) is 40.0. The number of benzene rings is 4. The highest BCUT2D eigenvalue weighted by Crippen LogP contribution is 2.44. The van der Waals surface area contributed by atoms with Gasteiger partial charge in [0.05, 0.1) is 23.6 Å². The molecule has 0 amide bonds. The van der Waals surface area contributed by atoms with Crippen molar-refractivity contribution < 1.29 is 38.1 Å². The summed E-state index contributed by atoms with van der Waals surface area (Å²) in [6.07, 6.45) is 1.43. The number of thioether (sulfide) groups is 1. The number of piperazine rings is 2. The highest BCUT2D eigenvalue weighted by Gasteiger charge is 2.47. The molecule has 0 aliphatic carbocycles. The first-order valence-corrected chi connectivity index (χ1v) is 32.9. The first kappa shape index (κ1) is 63.3. The third-order valence-corrected chi connectivity index (χ3v) is 20.9. The van der Waals surface area contributed by atoms with Crippen LogP contribution >= 0.6 is 34.4 Å². The van der Waals surface area contributed by atoms with Crippen molar-refractivity contribution in [3.05, 3.63) is 163 Å². The fraction of sp³-hybridized carbons (Fsp3) is 0.493. The van der Waals surface area contributed by atoms with Gasteiger partial charge >= 0.3 is 17.9 Å². The van der Waals surface area contributed by atoms with Gasteiger partial charge in [0.2, 0.25) is 0 Å². The number of ether oxygens (including phenoxy) is 5. The second-order valence-electron chi connectivity index (χ2n) is 24.0. The molecule has 15 heteroatoms. The molecule has 6 heterocycles. The van der Waals surface area contributed by atoms with Crippen LogP contribution in [0.3, 0.4) is 0 Å². The van der Waals surface area contributed by atoms with Crippen LogP contribution in [-0.2, 0) is 64.0 Å². The van der Waals surface area contributed by atoms with Crippen LogP contribution in [0.2, 0.25) is 0 Å². The van der Waals surface area contributed by atoms with E-state index < -0.39 is 30.3 Å². The van der Waals surface area contributed by atoms with E-state index in [0.29, 0.717) is 0 Å². The first-order valence-electron chi connectivity index (χ1n) is 30.0. The van der Waals surface area contributed by atoms with Gasteiger partial charge in [0.15, 0.2) is 6.10 Å². The lowest BCUT2D eigenvalue weighted by Gasteiger charge is -2.44. The Kier molecular flexibility index (Phi) is 21.9. The predicted molar refractivity (Wildman–Crippen MR) is 342 cm³/mol. The molecule has 6 aromatic rings. The van der Waals surface area contributed by atoms with Gasteiger partial charge in [-0.05, 0) is 140 Å². The zero-order chi connectivity index (χ0) is 59.8. The molecule has 4 fully saturated rings. The number of carbonyl (C=O) groups is 3. The van der Waals surface area contributed by atoms with E-state index in [9.17, 15) is 14.4 Å². The Morgan fingerprint density at radius 1 is 0.524 bits per heavy atom. The number of hydrogen-bond donors (Lipinski definition) is 0. The van der Waals surface area contributed by atoms with Crippen molar-refractivity contribution >= 4 is 52.3 Å². The second kappa shape index (κ2) is 29.0. The van der Waals surface area contributed by atoms with E-state index in [-0.39, 0.29) is 47.5 Å². The zero-order valence-electron chi connectivity index (χ0n) is 51.4. The fourth-order valence-corrected chi connectivity index (χ4v) is 15.2. The van der Waals surface area contributed by atoms with Crippen molar-refractivity contribution in [3.8, 4) is 20.9 Å². The number of aryl methyl sites for hydroxylation is 2. The molecule has 0 bridgehead atoms. The summed E-state index contributed by atoms with van der Waals surface area (Å²) >= 11 is 5.44. The predicted octanol–water partition coefficient (Wildman–Crippen LogP) is 12.8.